The van der Waals surface area contributed by atoms with Crippen molar-refractivity contribution in [3.05, 3.63) is 35.7 Å². The summed E-state index contributed by atoms with van der Waals surface area (Å²) in [6, 6.07) is 6.79. The van der Waals surface area contributed by atoms with Gasteiger partial charge in [0.05, 0.1) is 6.61 Å². The molecule has 0 aliphatic heterocycles. The van der Waals surface area contributed by atoms with Gasteiger partial charge in [-0.1, -0.05) is 29.5 Å². The fraction of sp³-hybridized carbons (Fsp3) is 0.182. The number of aromatic nitrogens is 4. The first-order valence-electron chi connectivity index (χ1n) is 5.48. The van der Waals surface area contributed by atoms with Gasteiger partial charge >= 0.3 is 6.18 Å². The van der Waals surface area contributed by atoms with Crippen LogP contribution in [0.5, 0.6) is 0 Å². The van der Waals surface area contributed by atoms with Crippen LogP contribution in [0.1, 0.15) is 11.4 Å². The van der Waals surface area contributed by atoms with Crippen molar-refractivity contribution < 1.29 is 18.3 Å². The minimum absolute atomic E-state index is 0.0710. The topological polar surface area (TPSA) is 63.3 Å². The van der Waals surface area contributed by atoms with E-state index in [-0.39, 0.29) is 11.6 Å². The summed E-state index contributed by atoms with van der Waals surface area (Å²) in [5.41, 5.74) is 1.28. The van der Waals surface area contributed by atoms with E-state index >= 15 is 0 Å². The van der Waals surface area contributed by atoms with Crippen LogP contribution in [0.2, 0.25) is 0 Å². The average molecular weight is 300 g/mol. The van der Waals surface area contributed by atoms with E-state index in [4.69, 9.17) is 5.11 Å². The van der Waals surface area contributed by atoms with E-state index in [1.54, 1.807) is 24.3 Å². The molecular weight excluding hydrogens is 293 g/mol. The van der Waals surface area contributed by atoms with E-state index in [0.717, 1.165) is 11.3 Å². The van der Waals surface area contributed by atoms with Crippen LogP contribution in [0.4, 0.5) is 13.2 Å². The van der Waals surface area contributed by atoms with Gasteiger partial charge in [0.1, 0.15) is 5.01 Å². The third-order valence-electron chi connectivity index (χ3n) is 2.60. The standard InChI is InChI=1S/C11H7F3N4OS/c12-11(13,14)9-15-16-10-18(9)17-8(20-10)7-3-1-2-6(4-7)5-19/h1-4,19H,5H2. The maximum Gasteiger partial charge on any atom is 0.453 e. The quantitative estimate of drug-likeness (QED) is 0.789. The molecule has 5 nitrogen and oxygen atoms in total. The summed E-state index contributed by atoms with van der Waals surface area (Å²) in [5.74, 6) is -1.15. The third-order valence-corrected chi connectivity index (χ3v) is 3.55. The average Bonchev–Trinajstić information content (AvgIpc) is 2.97. The molecule has 2 aromatic heterocycles. The van der Waals surface area contributed by atoms with Gasteiger partial charge in [0, 0.05) is 5.56 Å². The monoisotopic (exact) mass is 300 g/mol. The Morgan fingerprint density at radius 2 is 2.05 bits per heavy atom. The summed E-state index contributed by atoms with van der Waals surface area (Å²) in [6.07, 6.45) is -4.60. The van der Waals surface area contributed by atoms with E-state index in [2.05, 4.69) is 15.3 Å². The predicted molar refractivity (Wildman–Crippen MR) is 65.0 cm³/mol. The highest BCUT2D eigenvalue weighted by molar-refractivity contribution is 7.19. The zero-order valence-corrected chi connectivity index (χ0v) is 10.6. The first-order chi connectivity index (χ1) is 9.49. The molecule has 1 aromatic carbocycles. The number of hydrogen-bond acceptors (Lipinski definition) is 5. The third kappa shape index (κ3) is 2.14. The lowest BCUT2D eigenvalue weighted by Crippen LogP contribution is -2.11. The Bertz CT molecular complexity index is 764. The van der Waals surface area contributed by atoms with E-state index < -0.39 is 12.0 Å². The van der Waals surface area contributed by atoms with Crippen molar-refractivity contribution >= 4 is 16.3 Å². The molecule has 0 saturated heterocycles. The van der Waals surface area contributed by atoms with Gasteiger partial charge in [0.15, 0.2) is 0 Å². The van der Waals surface area contributed by atoms with Crippen LogP contribution >= 0.6 is 11.3 Å². The molecule has 0 amide bonds. The van der Waals surface area contributed by atoms with Crippen LogP contribution in [0.3, 0.4) is 0 Å². The van der Waals surface area contributed by atoms with Crippen molar-refractivity contribution in [3.8, 4) is 10.6 Å². The Kier molecular flexibility index (Phi) is 2.94. The number of rotatable bonds is 2. The van der Waals surface area contributed by atoms with Crippen molar-refractivity contribution in [2.75, 3.05) is 0 Å². The molecule has 0 atom stereocenters. The molecule has 1 N–H and O–H groups in total. The number of halogens is 3. The van der Waals surface area contributed by atoms with Crippen molar-refractivity contribution in [3.63, 3.8) is 0 Å². The van der Waals surface area contributed by atoms with Gasteiger partial charge in [-0.25, -0.2) is 0 Å². The molecule has 2 heterocycles. The lowest BCUT2D eigenvalue weighted by atomic mass is 10.1. The normalized spacial score (nSPS) is 12.2. The summed E-state index contributed by atoms with van der Waals surface area (Å²) in [7, 11) is 0. The Balaban J connectivity index is 2.11. The molecule has 9 heteroatoms. The highest BCUT2D eigenvalue weighted by Crippen LogP contribution is 2.31. The Morgan fingerprint density at radius 3 is 2.75 bits per heavy atom. The summed E-state index contributed by atoms with van der Waals surface area (Å²) in [6.45, 7) is -0.147. The maximum atomic E-state index is 12.7. The largest absolute Gasteiger partial charge is 0.453 e. The molecule has 3 rings (SSSR count). The van der Waals surface area contributed by atoms with E-state index in [0.29, 0.717) is 20.6 Å². The SMILES string of the molecule is OCc1cccc(-c2nn3c(C(F)(F)F)nnc3s2)c1. The highest BCUT2D eigenvalue weighted by atomic mass is 32.1. The summed E-state index contributed by atoms with van der Waals surface area (Å²) < 4.78 is 38.8. The molecule has 0 unspecified atom stereocenters. The molecule has 0 saturated carbocycles. The van der Waals surface area contributed by atoms with E-state index in [9.17, 15) is 13.2 Å². The minimum Gasteiger partial charge on any atom is -0.392 e. The number of alkyl halides is 3. The van der Waals surface area contributed by atoms with E-state index in [1.807, 2.05) is 0 Å². The zero-order chi connectivity index (χ0) is 14.3. The summed E-state index contributed by atoms with van der Waals surface area (Å²) in [4.78, 5) is 0.0710. The van der Waals surface area contributed by atoms with Crippen LogP contribution in [-0.2, 0) is 12.8 Å². The fourth-order valence-corrected chi connectivity index (χ4v) is 2.55. The Morgan fingerprint density at radius 1 is 1.25 bits per heavy atom. The lowest BCUT2D eigenvalue weighted by molar-refractivity contribution is -0.146. The van der Waals surface area contributed by atoms with Crippen molar-refractivity contribution in [1.82, 2.24) is 19.8 Å². The summed E-state index contributed by atoms with van der Waals surface area (Å²) >= 11 is 1.00. The number of hydrogen-bond donors (Lipinski definition) is 1. The first-order valence-corrected chi connectivity index (χ1v) is 6.30. The highest BCUT2D eigenvalue weighted by Gasteiger charge is 2.38. The number of aliphatic hydroxyl groups excluding tert-OH is 1. The second-order valence-corrected chi connectivity index (χ2v) is 4.94. The van der Waals surface area contributed by atoms with Crippen LogP contribution in [0.15, 0.2) is 24.3 Å². The predicted octanol–water partition coefficient (Wildman–Crippen LogP) is 2.36. The minimum atomic E-state index is -4.60. The summed E-state index contributed by atoms with van der Waals surface area (Å²) in [5, 5.41) is 19.9. The van der Waals surface area contributed by atoms with Gasteiger partial charge in [-0.2, -0.15) is 22.8 Å². The molecular formula is C11H7F3N4OS. The van der Waals surface area contributed by atoms with Gasteiger partial charge in [0.2, 0.25) is 4.96 Å². The molecule has 0 aliphatic carbocycles. The second-order valence-electron chi connectivity index (χ2n) is 3.98. The van der Waals surface area contributed by atoms with Gasteiger partial charge in [-0.15, -0.1) is 10.2 Å². The Hall–Kier alpha value is -2.00. The zero-order valence-electron chi connectivity index (χ0n) is 9.79. The Labute approximate surface area is 114 Å². The smallest absolute Gasteiger partial charge is 0.392 e. The van der Waals surface area contributed by atoms with Gasteiger partial charge in [0.25, 0.3) is 5.82 Å². The molecule has 20 heavy (non-hydrogen) atoms. The molecule has 0 fully saturated rings. The van der Waals surface area contributed by atoms with Gasteiger partial charge in [-0.05, 0) is 11.6 Å². The van der Waals surface area contributed by atoms with Gasteiger partial charge in [-0.3, -0.25) is 0 Å². The number of fused-ring (bicyclic) bond motifs is 1. The molecule has 3 aromatic rings. The molecule has 104 valence electrons. The maximum absolute atomic E-state index is 12.7. The van der Waals surface area contributed by atoms with Crippen molar-refractivity contribution in [1.29, 1.82) is 0 Å². The van der Waals surface area contributed by atoms with Crippen molar-refractivity contribution in [2.45, 2.75) is 12.8 Å². The number of nitrogens with zero attached hydrogens (tertiary/aromatic N) is 4. The fourth-order valence-electron chi connectivity index (χ4n) is 1.71. The molecule has 0 bridgehead atoms. The number of benzene rings is 1. The van der Waals surface area contributed by atoms with Gasteiger partial charge < -0.3 is 5.11 Å². The van der Waals surface area contributed by atoms with Crippen molar-refractivity contribution in [2.24, 2.45) is 0 Å². The molecule has 0 aliphatic rings. The van der Waals surface area contributed by atoms with E-state index in [1.165, 1.54) is 0 Å². The van der Waals surface area contributed by atoms with Crippen LogP contribution in [-0.4, -0.2) is 24.9 Å². The lowest BCUT2D eigenvalue weighted by Gasteiger charge is -2.01. The second kappa shape index (κ2) is 4.53. The first kappa shape index (κ1) is 13.0. The van der Waals surface area contributed by atoms with Crippen LogP contribution in [0, 0.1) is 0 Å². The van der Waals surface area contributed by atoms with Crippen LogP contribution < -0.4 is 0 Å². The molecule has 0 spiro atoms. The molecule has 0 radical (unpaired) electrons. The number of aliphatic hydroxyl groups is 1. The van der Waals surface area contributed by atoms with Crippen LogP contribution in [0.25, 0.3) is 15.5 Å².